The van der Waals surface area contributed by atoms with Crippen molar-refractivity contribution in [1.82, 2.24) is 9.88 Å². The second kappa shape index (κ2) is 11.8. The number of ether oxygens (including phenoxy) is 3. The molecule has 0 spiro atoms. The molecule has 1 aliphatic heterocycles. The number of hydrogen-bond acceptors (Lipinski definition) is 7. The maximum atomic E-state index is 13.5. The van der Waals surface area contributed by atoms with Crippen LogP contribution in [0.2, 0.25) is 0 Å². The molecule has 6 rings (SSSR count). The summed E-state index contributed by atoms with van der Waals surface area (Å²) in [6, 6.07) is 16.9. The number of aromatic amines is 1. The number of nitrogens with one attached hydrogen (secondary N) is 2. The van der Waals surface area contributed by atoms with Crippen LogP contribution in [0.25, 0.3) is 16.5 Å². The molecule has 1 aliphatic carbocycles. The minimum atomic E-state index is -0.437. The van der Waals surface area contributed by atoms with Crippen LogP contribution in [-0.2, 0) is 24.2 Å². The molecule has 2 heterocycles. The van der Waals surface area contributed by atoms with E-state index in [2.05, 4.69) is 27.3 Å². The van der Waals surface area contributed by atoms with Gasteiger partial charge in [0.05, 0.1) is 38.1 Å². The molecular weight excluding hydrogens is 546 g/mol. The van der Waals surface area contributed by atoms with E-state index in [4.69, 9.17) is 14.2 Å². The number of allylic oxidation sites excluding steroid dienone is 1. The number of benzene rings is 3. The first-order valence-corrected chi connectivity index (χ1v) is 14.2. The number of amides is 1. The Bertz CT molecular complexity index is 1820. The molecule has 220 valence electrons. The molecule has 9 nitrogen and oxygen atoms in total. The number of methoxy groups -OCH3 is 3. The maximum Gasteiger partial charge on any atom is 0.256 e. The van der Waals surface area contributed by atoms with E-state index >= 15 is 0 Å². The summed E-state index contributed by atoms with van der Waals surface area (Å²) in [5.41, 5.74) is 4.77. The molecule has 43 heavy (non-hydrogen) atoms. The monoisotopic (exact) mass is 579 g/mol. The van der Waals surface area contributed by atoms with Crippen LogP contribution in [0.5, 0.6) is 17.2 Å². The van der Waals surface area contributed by atoms with Gasteiger partial charge >= 0.3 is 0 Å². The maximum absolute atomic E-state index is 13.5. The standard InChI is InChI=1S/C34H33N3O6/c1-41-27-6-4-5-25-31(27)36-32-26(38)12-11-24(30(32)33(25)39)34(40)35-23-9-7-20(8-10-23)13-15-37-16-14-21-17-28(42-2)29(43-3)18-22(21)19-37/h4-11,17-18H,12-16,19H2,1-3H3,(H,35,40)(H,36,39). The summed E-state index contributed by atoms with van der Waals surface area (Å²) >= 11 is 0. The number of fused-ring (bicyclic) bond motifs is 3. The fourth-order valence-electron chi connectivity index (χ4n) is 5.90. The van der Waals surface area contributed by atoms with Crippen molar-refractivity contribution in [2.75, 3.05) is 39.7 Å². The topological polar surface area (TPSA) is 110 Å². The molecule has 2 N–H and O–H groups in total. The van der Waals surface area contributed by atoms with Gasteiger partial charge < -0.3 is 24.5 Å². The van der Waals surface area contributed by atoms with E-state index in [0.29, 0.717) is 22.3 Å². The van der Waals surface area contributed by atoms with Crippen LogP contribution < -0.4 is 25.0 Å². The van der Waals surface area contributed by atoms with Crippen LogP contribution in [0.1, 0.15) is 39.2 Å². The summed E-state index contributed by atoms with van der Waals surface area (Å²) < 4.78 is 16.3. The van der Waals surface area contributed by atoms with Gasteiger partial charge in [-0.1, -0.05) is 24.3 Å². The molecule has 0 unspecified atom stereocenters. The van der Waals surface area contributed by atoms with Gasteiger partial charge in [-0.05, 0) is 65.9 Å². The molecule has 1 aromatic heterocycles. The SMILES string of the molecule is COc1cc2c(cc1OC)CN(CCc1ccc(NC(=O)C3=CCC(=O)c4[nH]c5c(OC)cccc5c(=O)c43)cc1)CC2. The fraction of sp³-hybridized carbons (Fsp3) is 0.265. The van der Waals surface area contributed by atoms with Crippen molar-refractivity contribution < 1.29 is 23.8 Å². The third-order valence-corrected chi connectivity index (χ3v) is 8.23. The molecule has 3 aromatic carbocycles. The van der Waals surface area contributed by atoms with Gasteiger partial charge in [0.15, 0.2) is 22.7 Å². The second-order valence-corrected chi connectivity index (χ2v) is 10.7. The molecule has 0 saturated carbocycles. The third kappa shape index (κ3) is 5.39. The number of rotatable bonds is 8. The van der Waals surface area contributed by atoms with Gasteiger partial charge in [-0.2, -0.15) is 0 Å². The minimum absolute atomic E-state index is 0.0204. The van der Waals surface area contributed by atoms with Crippen LogP contribution in [0, 0.1) is 0 Å². The summed E-state index contributed by atoms with van der Waals surface area (Å²) in [4.78, 5) is 45.0. The Morgan fingerprint density at radius 3 is 2.37 bits per heavy atom. The van der Waals surface area contributed by atoms with Gasteiger partial charge in [0, 0.05) is 42.7 Å². The lowest BCUT2D eigenvalue weighted by Crippen LogP contribution is -2.32. The van der Waals surface area contributed by atoms with Crippen LogP contribution in [0.3, 0.4) is 0 Å². The molecule has 1 amide bonds. The molecule has 4 aromatic rings. The normalized spacial score (nSPS) is 14.5. The molecular formula is C34H33N3O6. The zero-order chi connectivity index (χ0) is 30.1. The predicted octanol–water partition coefficient (Wildman–Crippen LogP) is 4.76. The Kier molecular flexibility index (Phi) is 7.73. The van der Waals surface area contributed by atoms with Gasteiger partial charge in [0.25, 0.3) is 5.91 Å². The lowest BCUT2D eigenvalue weighted by molar-refractivity contribution is -0.111. The lowest BCUT2D eigenvalue weighted by atomic mass is 9.91. The molecule has 0 fully saturated rings. The number of nitrogens with zero attached hydrogens (tertiary/aromatic N) is 1. The van der Waals surface area contributed by atoms with E-state index in [-0.39, 0.29) is 34.5 Å². The Labute approximate surface area is 249 Å². The van der Waals surface area contributed by atoms with Gasteiger partial charge in [-0.15, -0.1) is 0 Å². The largest absolute Gasteiger partial charge is 0.495 e. The average Bonchev–Trinajstić information content (AvgIpc) is 3.03. The molecule has 2 aliphatic rings. The highest BCUT2D eigenvalue weighted by Crippen LogP contribution is 2.33. The highest BCUT2D eigenvalue weighted by Gasteiger charge is 2.29. The second-order valence-electron chi connectivity index (χ2n) is 10.7. The number of ketones is 1. The van der Waals surface area contributed by atoms with Crippen molar-refractivity contribution in [3.05, 3.63) is 98.8 Å². The van der Waals surface area contributed by atoms with Crippen molar-refractivity contribution in [3.8, 4) is 17.2 Å². The number of H-pyrrole nitrogens is 1. The van der Waals surface area contributed by atoms with Gasteiger partial charge in [-0.3, -0.25) is 19.3 Å². The van der Waals surface area contributed by atoms with Gasteiger partial charge in [-0.25, -0.2) is 0 Å². The van der Waals surface area contributed by atoms with Crippen LogP contribution >= 0.6 is 0 Å². The number of Topliss-reactive ketones (excluding diaryl/α,β-unsaturated/α-hetero) is 1. The zero-order valence-electron chi connectivity index (χ0n) is 24.4. The first kappa shape index (κ1) is 28.2. The van der Waals surface area contributed by atoms with Gasteiger partial charge in [0.1, 0.15) is 5.75 Å². The Hall–Kier alpha value is -4.89. The summed E-state index contributed by atoms with van der Waals surface area (Å²) in [5.74, 6) is 1.28. The summed E-state index contributed by atoms with van der Waals surface area (Å²) in [6.45, 7) is 2.72. The summed E-state index contributed by atoms with van der Waals surface area (Å²) in [5, 5.41) is 3.25. The summed E-state index contributed by atoms with van der Waals surface area (Å²) in [7, 11) is 4.81. The molecule has 0 atom stereocenters. The number of anilines is 1. The van der Waals surface area contributed by atoms with Crippen molar-refractivity contribution in [3.63, 3.8) is 0 Å². The highest BCUT2D eigenvalue weighted by atomic mass is 16.5. The fourth-order valence-corrected chi connectivity index (χ4v) is 5.90. The van der Waals surface area contributed by atoms with E-state index in [0.717, 1.165) is 49.5 Å². The van der Waals surface area contributed by atoms with E-state index in [1.54, 1.807) is 32.4 Å². The van der Waals surface area contributed by atoms with Crippen molar-refractivity contribution in [2.45, 2.75) is 25.8 Å². The number of carbonyl (C=O) groups excluding carboxylic acids is 2. The summed E-state index contributed by atoms with van der Waals surface area (Å²) in [6.07, 6.45) is 3.37. The smallest absolute Gasteiger partial charge is 0.256 e. The number of para-hydroxylation sites is 1. The van der Waals surface area contributed by atoms with E-state index in [1.807, 2.05) is 24.3 Å². The zero-order valence-corrected chi connectivity index (χ0v) is 24.4. The Morgan fingerprint density at radius 1 is 0.930 bits per heavy atom. The molecule has 0 saturated heterocycles. The first-order chi connectivity index (χ1) is 20.9. The molecule has 0 radical (unpaired) electrons. The van der Waals surface area contributed by atoms with Crippen LogP contribution in [-0.4, -0.2) is 56.0 Å². The quantitative estimate of drug-likeness (QED) is 0.310. The Balaban J connectivity index is 1.13. The van der Waals surface area contributed by atoms with Crippen molar-refractivity contribution in [1.29, 1.82) is 0 Å². The third-order valence-electron chi connectivity index (χ3n) is 8.23. The predicted molar refractivity (Wildman–Crippen MR) is 165 cm³/mol. The van der Waals surface area contributed by atoms with Gasteiger partial charge in [0.2, 0.25) is 0 Å². The highest BCUT2D eigenvalue weighted by molar-refractivity contribution is 6.29. The van der Waals surface area contributed by atoms with Crippen LogP contribution in [0.4, 0.5) is 5.69 Å². The van der Waals surface area contributed by atoms with Crippen molar-refractivity contribution >= 4 is 33.9 Å². The van der Waals surface area contributed by atoms with E-state index in [9.17, 15) is 14.4 Å². The van der Waals surface area contributed by atoms with Crippen molar-refractivity contribution in [2.24, 2.45) is 0 Å². The first-order valence-electron chi connectivity index (χ1n) is 14.2. The molecule has 9 heteroatoms. The number of aromatic nitrogens is 1. The average molecular weight is 580 g/mol. The number of hydrogen-bond donors (Lipinski definition) is 2. The number of pyridine rings is 1. The number of carbonyl (C=O) groups is 2. The van der Waals surface area contributed by atoms with E-state index in [1.165, 1.54) is 24.3 Å². The minimum Gasteiger partial charge on any atom is -0.495 e. The van der Waals surface area contributed by atoms with Crippen LogP contribution in [0.15, 0.2) is 65.5 Å². The Morgan fingerprint density at radius 2 is 1.65 bits per heavy atom. The van der Waals surface area contributed by atoms with E-state index < -0.39 is 5.91 Å². The molecule has 0 bridgehead atoms. The lowest BCUT2D eigenvalue weighted by Gasteiger charge is -2.29.